The lowest BCUT2D eigenvalue weighted by molar-refractivity contribution is 0.310. The van der Waals surface area contributed by atoms with Crippen molar-refractivity contribution in [2.24, 2.45) is 0 Å². The van der Waals surface area contributed by atoms with Gasteiger partial charge in [0.05, 0.1) is 37.8 Å². The van der Waals surface area contributed by atoms with Crippen molar-refractivity contribution in [2.45, 2.75) is 0 Å². The Morgan fingerprint density at radius 1 is 0.552 bits per heavy atom. The van der Waals surface area contributed by atoms with Gasteiger partial charge in [-0.05, 0) is 24.3 Å². The smallest absolute Gasteiger partial charge is 0.152 e. The molecule has 0 amide bonds. The third-order valence-electron chi connectivity index (χ3n) is 3.95. The van der Waals surface area contributed by atoms with Gasteiger partial charge < -0.3 is 46.4 Å². The van der Waals surface area contributed by atoms with Crippen LogP contribution in [0.4, 0.5) is 22.7 Å². The maximum atomic E-state index is 9.21. The van der Waals surface area contributed by atoms with Gasteiger partial charge in [0.15, 0.2) is 11.5 Å². The molecule has 9 heteroatoms. The molecule has 0 heterocycles. The van der Waals surface area contributed by atoms with Crippen molar-refractivity contribution in [1.82, 2.24) is 0 Å². The summed E-state index contributed by atoms with van der Waals surface area (Å²) in [7, 11) is 0. The topological polar surface area (TPSA) is 138 Å². The zero-order chi connectivity index (χ0) is 20.9. The fraction of sp³-hybridized carbons (Fsp3) is 0.400. The minimum atomic E-state index is -0.0440. The Morgan fingerprint density at radius 3 is 1.31 bits per heavy atom. The van der Waals surface area contributed by atoms with Gasteiger partial charge in [0.1, 0.15) is 11.4 Å². The fourth-order valence-electron chi connectivity index (χ4n) is 2.75. The van der Waals surface area contributed by atoms with Crippen molar-refractivity contribution in [1.29, 1.82) is 0 Å². The molecule has 8 N–H and O–H groups in total. The van der Waals surface area contributed by atoms with E-state index >= 15 is 0 Å². The Balaban J connectivity index is 2.38. The Morgan fingerprint density at radius 2 is 0.931 bits per heavy atom. The predicted octanol–water partition coefficient (Wildman–Crippen LogP) is 1.10. The molecule has 29 heavy (non-hydrogen) atoms. The minimum Gasteiger partial charge on any atom is -0.453 e. The van der Waals surface area contributed by atoms with Crippen LogP contribution in [0.1, 0.15) is 0 Å². The van der Waals surface area contributed by atoms with E-state index in [1.165, 1.54) is 0 Å². The van der Waals surface area contributed by atoms with Crippen molar-refractivity contribution in [3.63, 3.8) is 0 Å². The number of nitrogens with one attached hydrogen (secondary N) is 4. The van der Waals surface area contributed by atoms with E-state index in [-0.39, 0.29) is 26.4 Å². The maximum absolute atomic E-state index is 9.21. The third kappa shape index (κ3) is 6.68. The maximum Gasteiger partial charge on any atom is 0.152 e. The summed E-state index contributed by atoms with van der Waals surface area (Å²) in [5.41, 5.74) is 2.81. The lowest BCUT2D eigenvalue weighted by atomic mass is 10.2. The molecule has 0 aromatic heterocycles. The molecule has 0 spiro atoms. The van der Waals surface area contributed by atoms with E-state index in [2.05, 4.69) is 21.3 Å². The highest BCUT2D eigenvalue weighted by Gasteiger charge is 2.14. The van der Waals surface area contributed by atoms with E-state index in [4.69, 9.17) is 14.9 Å². The molecule has 0 fully saturated rings. The molecule has 0 saturated carbocycles. The van der Waals surface area contributed by atoms with Gasteiger partial charge in [-0.3, -0.25) is 0 Å². The Bertz CT molecular complexity index is 683. The number of benzene rings is 2. The molecular formula is C20H30N4O5. The summed E-state index contributed by atoms with van der Waals surface area (Å²) >= 11 is 0. The Labute approximate surface area is 170 Å². The summed E-state index contributed by atoms with van der Waals surface area (Å²) in [6.45, 7) is 1.30. The molecule has 0 atom stereocenters. The molecule has 2 aromatic rings. The Kier molecular flexibility index (Phi) is 9.87. The largest absolute Gasteiger partial charge is 0.453 e. The summed E-state index contributed by atoms with van der Waals surface area (Å²) in [5, 5.41) is 49.2. The molecule has 0 aliphatic carbocycles. The summed E-state index contributed by atoms with van der Waals surface area (Å²) in [6.07, 6.45) is 0. The van der Waals surface area contributed by atoms with E-state index in [1.54, 1.807) is 12.1 Å². The van der Waals surface area contributed by atoms with Crippen LogP contribution >= 0.6 is 0 Å². The molecule has 160 valence electrons. The lowest BCUT2D eigenvalue weighted by Gasteiger charge is -2.20. The lowest BCUT2D eigenvalue weighted by Crippen LogP contribution is -2.13. The van der Waals surface area contributed by atoms with Crippen LogP contribution in [0.3, 0.4) is 0 Å². The van der Waals surface area contributed by atoms with Crippen LogP contribution in [-0.4, -0.2) is 73.0 Å². The molecule has 2 aromatic carbocycles. The van der Waals surface area contributed by atoms with Gasteiger partial charge in [-0.25, -0.2) is 0 Å². The molecule has 2 rings (SSSR count). The van der Waals surface area contributed by atoms with E-state index in [0.717, 1.165) is 11.4 Å². The van der Waals surface area contributed by atoms with Crippen molar-refractivity contribution in [3.8, 4) is 11.5 Å². The first-order chi connectivity index (χ1) is 14.2. The highest BCUT2D eigenvalue weighted by Crippen LogP contribution is 2.40. The number of hydrogen-bond donors (Lipinski definition) is 8. The molecule has 9 nitrogen and oxygen atoms in total. The molecule has 0 radical (unpaired) electrons. The van der Waals surface area contributed by atoms with Crippen LogP contribution in [0.2, 0.25) is 0 Å². The summed E-state index contributed by atoms with van der Waals surface area (Å²) in [6, 6.07) is 11.0. The molecule has 0 saturated heterocycles. The second-order valence-electron chi connectivity index (χ2n) is 6.06. The van der Waals surface area contributed by atoms with Crippen molar-refractivity contribution in [2.75, 3.05) is 73.9 Å². The van der Waals surface area contributed by atoms with Gasteiger partial charge in [-0.2, -0.15) is 0 Å². The van der Waals surface area contributed by atoms with E-state index in [9.17, 15) is 10.2 Å². The number of hydrogen-bond acceptors (Lipinski definition) is 9. The summed E-state index contributed by atoms with van der Waals surface area (Å²) in [5.74, 6) is 1.07. The van der Waals surface area contributed by atoms with Gasteiger partial charge in [0.25, 0.3) is 0 Å². The second kappa shape index (κ2) is 12.7. The predicted molar refractivity (Wildman–Crippen MR) is 115 cm³/mol. The van der Waals surface area contributed by atoms with E-state index < -0.39 is 0 Å². The highest BCUT2D eigenvalue weighted by molar-refractivity contribution is 5.79. The zero-order valence-electron chi connectivity index (χ0n) is 16.3. The van der Waals surface area contributed by atoms with Crippen LogP contribution in [0, 0.1) is 0 Å². The standard InChI is InChI=1S/C20H30N4O5/c25-11-7-21-15-3-1-5-17(19(15)23-9-13-27)29-18-6-2-4-16(22-8-12-26)20(18)24-10-14-28/h1-6,21-28H,7-14H2. The van der Waals surface area contributed by atoms with E-state index in [0.29, 0.717) is 49.1 Å². The first-order valence-corrected chi connectivity index (χ1v) is 9.58. The SMILES string of the molecule is OCCNc1cccc(Oc2cccc(NCCO)c2NCCO)c1NCCO. The fourth-order valence-corrected chi connectivity index (χ4v) is 2.75. The van der Waals surface area contributed by atoms with Crippen molar-refractivity contribution in [3.05, 3.63) is 36.4 Å². The third-order valence-corrected chi connectivity index (χ3v) is 3.95. The zero-order valence-corrected chi connectivity index (χ0v) is 16.3. The highest BCUT2D eigenvalue weighted by atomic mass is 16.5. The number of aliphatic hydroxyl groups excluding tert-OH is 4. The van der Waals surface area contributed by atoms with Gasteiger partial charge in [-0.1, -0.05) is 12.1 Å². The van der Waals surface area contributed by atoms with E-state index in [1.807, 2.05) is 24.3 Å². The quantitative estimate of drug-likeness (QED) is 0.232. The monoisotopic (exact) mass is 406 g/mol. The number of para-hydroxylation sites is 2. The molecule has 0 unspecified atom stereocenters. The minimum absolute atomic E-state index is 0.0156. The van der Waals surface area contributed by atoms with Gasteiger partial charge in [0, 0.05) is 26.2 Å². The normalized spacial score (nSPS) is 10.5. The van der Waals surface area contributed by atoms with Crippen LogP contribution in [0.25, 0.3) is 0 Å². The number of rotatable bonds is 14. The second-order valence-corrected chi connectivity index (χ2v) is 6.06. The first-order valence-electron chi connectivity index (χ1n) is 9.58. The van der Waals surface area contributed by atoms with Gasteiger partial charge >= 0.3 is 0 Å². The van der Waals surface area contributed by atoms with Crippen LogP contribution in [0.5, 0.6) is 11.5 Å². The first kappa shape index (κ1) is 22.6. The van der Waals surface area contributed by atoms with Crippen LogP contribution in [-0.2, 0) is 0 Å². The Hall–Kier alpha value is -2.72. The summed E-state index contributed by atoms with van der Waals surface area (Å²) in [4.78, 5) is 0. The molecular weight excluding hydrogens is 376 g/mol. The number of aliphatic hydroxyl groups is 4. The average molecular weight is 406 g/mol. The molecule has 0 aliphatic heterocycles. The van der Waals surface area contributed by atoms with Gasteiger partial charge in [0.2, 0.25) is 0 Å². The van der Waals surface area contributed by atoms with Crippen molar-refractivity contribution < 1.29 is 25.2 Å². The molecule has 0 aliphatic rings. The summed E-state index contributed by atoms with van der Waals surface area (Å²) < 4.78 is 6.18. The van der Waals surface area contributed by atoms with Crippen LogP contribution < -0.4 is 26.0 Å². The molecule has 0 bridgehead atoms. The number of ether oxygens (including phenoxy) is 1. The van der Waals surface area contributed by atoms with Crippen LogP contribution in [0.15, 0.2) is 36.4 Å². The van der Waals surface area contributed by atoms with Gasteiger partial charge in [-0.15, -0.1) is 0 Å². The van der Waals surface area contributed by atoms with Crippen molar-refractivity contribution >= 4 is 22.7 Å². The average Bonchev–Trinajstić information content (AvgIpc) is 2.74. The number of anilines is 4.